The molecule has 13 heavy (non-hydrogen) atoms. The van der Waals surface area contributed by atoms with Crippen LogP contribution in [0.2, 0.25) is 0 Å². The number of hydrogen-bond donors (Lipinski definition) is 1. The van der Waals surface area contributed by atoms with Gasteiger partial charge >= 0.3 is 0 Å². The zero-order valence-corrected chi connectivity index (χ0v) is 8.49. The van der Waals surface area contributed by atoms with Gasteiger partial charge in [-0.25, -0.2) is 0 Å². The summed E-state index contributed by atoms with van der Waals surface area (Å²) in [7, 11) is 0. The molecule has 0 atom stereocenters. The monoisotopic (exact) mass is 195 g/mol. The number of nitrogens with one attached hydrogen (secondary N) is 1. The van der Waals surface area contributed by atoms with Gasteiger partial charge in [-0.2, -0.15) is 0 Å². The smallest absolute Gasteiger partial charge is 0.261 e. The number of carbonyl (C=O) groups excluding carboxylic acids is 1. The molecule has 0 spiro atoms. The molecule has 0 unspecified atom stereocenters. The molecule has 1 aromatic rings. The Morgan fingerprint density at radius 3 is 3.00 bits per heavy atom. The minimum absolute atomic E-state index is 0.104. The summed E-state index contributed by atoms with van der Waals surface area (Å²) in [6.07, 6.45) is 3.31. The van der Waals surface area contributed by atoms with Crippen LogP contribution in [0.15, 0.2) is 11.4 Å². The summed E-state index contributed by atoms with van der Waals surface area (Å²) in [5.41, 5.74) is 1.26. The molecule has 1 heterocycles. The SMILES string of the molecule is CCc1csc(C(=O)NC2CC2)c1. The third-order valence-electron chi connectivity index (χ3n) is 2.20. The van der Waals surface area contributed by atoms with E-state index in [0.717, 1.165) is 24.1 Å². The highest BCUT2D eigenvalue weighted by atomic mass is 32.1. The molecule has 1 fully saturated rings. The highest BCUT2D eigenvalue weighted by Gasteiger charge is 2.24. The van der Waals surface area contributed by atoms with Crippen molar-refractivity contribution in [3.05, 3.63) is 21.9 Å². The van der Waals surface area contributed by atoms with Gasteiger partial charge in [-0.1, -0.05) is 6.92 Å². The average Bonchev–Trinajstić information content (AvgIpc) is 2.82. The fourth-order valence-corrected chi connectivity index (χ4v) is 2.06. The van der Waals surface area contributed by atoms with E-state index < -0.39 is 0 Å². The van der Waals surface area contributed by atoms with Crippen LogP contribution in [0.5, 0.6) is 0 Å². The summed E-state index contributed by atoms with van der Waals surface area (Å²) in [5, 5.41) is 5.04. The van der Waals surface area contributed by atoms with E-state index in [0.29, 0.717) is 6.04 Å². The van der Waals surface area contributed by atoms with Crippen LogP contribution in [-0.2, 0) is 6.42 Å². The van der Waals surface area contributed by atoms with Crippen LogP contribution in [0.3, 0.4) is 0 Å². The van der Waals surface area contributed by atoms with Crippen molar-refractivity contribution in [1.29, 1.82) is 0 Å². The highest BCUT2D eigenvalue weighted by Crippen LogP contribution is 2.21. The van der Waals surface area contributed by atoms with Crippen LogP contribution < -0.4 is 5.32 Å². The second-order valence-electron chi connectivity index (χ2n) is 3.42. The molecule has 0 radical (unpaired) electrons. The first-order valence-corrected chi connectivity index (χ1v) is 5.56. The average molecular weight is 195 g/mol. The maximum atomic E-state index is 11.5. The number of rotatable bonds is 3. The molecule has 1 N–H and O–H groups in total. The molecular weight excluding hydrogens is 182 g/mol. The maximum absolute atomic E-state index is 11.5. The topological polar surface area (TPSA) is 29.1 Å². The minimum Gasteiger partial charge on any atom is -0.349 e. The van der Waals surface area contributed by atoms with Crippen LogP contribution in [-0.4, -0.2) is 11.9 Å². The third kappa shape index (κ3) is 2.10. The predicted octanol–water partition coefficient (Wildman–Crippen LogP) is 2.20. The fourth-order valence-electron chi connectivity index (χ4n) is 1.16. The van der Waals surface area contributed by atoms with Crippen molar-refractivity contribution in [3.8, 4) is 0 Å². The van der Waals surface area contributed by atoms with Crippen molar-refractivity contribution in [2.24, 2.45) is 0 Å². The van der Waals surface area contributed by atoms with Crippen molar-refractivity contribution < 1.29 is 4.79 Å². The lowest BCUT2D eigenvalue weighted by Gasteiger charge is -1.98. The van der Waals surface area contributed by atoms with Gasteiger partial charge in [0.05, 0.1) is 4.88 Å². The van der Waals surface area contributed by atoms with E-state index in [1.54, 1.807) is 0 Å². The number of hydrogen-bond acceptors (Lipinski definition) is 2. The summed E-state index contributed by atoms with van der Waals surface area (Å²) in [4.78, 5) is 12.4. The van der Waals surface area contributed by atoms with Crippen molar-refractivity contribution >= 4 is 17.2 Å². The van der Waals surface area contributed by atoms with Crippen molar-refractivity contribution in [2.75, 3.05) is 0 Å². The van der Waals surface area contributed by atoms with Gasteiger partial charge in [0.2, 0.25) is 0 Å². The first-order valence-electron chi connectivity index (χ1n) is 4.68. The highest BCUT2D eigenvalue weighted by molar-refractivity contribution is 7.12. The van der Waals surface area contributed by atoms with Crippen LogP contribution in [0.4, 0.5) is 0 Å². The summed E-state index contributed by atoms with van der Waals surface area (Å²) in [6.45, 7) is 2.10. The maximum Gasteiger partial charge on any atom is 0.261 e. The molecule has 2 rings (SSSR count). The molecule has 0 aliphatic heterocycles. The minimum atomic E-state index is 0.104. The standard InChI is InChI=1S/C10H13NOS/c1-2-7-5-9(13-6-7)10(12)11-8-3-4-8/h5-6,8H,2-4H2,1H3,(H,11,12). The Hall–Kier alpha value is -0.830. The summed E-state index contributed by atoms with van der Waals surface area (Å²) in [6, 6.07) is 2.45. The summed E-state index contributed by atoms with van der Waals surface area (Å²) >= 11 is 1.54. The normalized spacial score (nSPS) is 15.8. The van der Waals surface area contributed by atoms with Gasteiger partial charge in [-0.3, -0.25) is 4.79 Å². The zero-order chi connectivity index (χ0) is 9.26. The van der Waals surface area contributed by atoms with E-state index in [1.165, 1.54) is 16.9 Å². The second-order valence-corrected chi connectivity index (χ2v) is 4.33. The number of aryl methyl sites for hydroxylation is 1. The van der Waals surface area contributed by atoms with Gasteiger partial charge in [0, 0.05) is 6.04 Å². The lowest BCUT2D eigenvalue weighted by molar-refractivity contribution is 0.0955. The Labute approximate surface area is 82.0 Å². The molecule has 1 aliphatic carbocycles. The molecule has 0 saturated heterocycles. The van der Waals surface area contributed by atoms with Crippen LogP contribution in [0.25, 0.3) is 0 Å². The molecule has 1 saturated carbocycles. The van der Waals surface area contributed by atoms with E-state index in [4.69, 9.17) is 0 Å². The van der Waals surface area contributed by atoms with Crippen molar-refractivity contribution in [1.82, 2.24) is 5.32 Å². The summed E-state index contributed by atoms with van der Waals surface area (Å²) < 4.78 is 0. The number of amides is 1. The van der Waals surface area contributed by atoms with Crippen LogP contribution in [0, 0.1) is 0 Å². The first kappa shape index (κ1) is 8.75. The van der Waals surface area contributed by atoms with E-state index in [1.807, 2.05) is 6.07 Å². The first-order chi connectivity index (χ1) is 6.29. The van der Waals surface area contributed by atoms with Gasteiger partial charge in [-0.15, -0.1) is 11.3 Å². The molecular formula is C10H13NOS. The second kappa shape index (κ2) is 3.50. The van der Waals surface area contributed by atoms with E-state index in [-0.39, 0.29) is 5.91 Å². The zero-order valence-electron chi connectivity index (χ0n) is 7.67. The van der Waals surface area contributed by atoms with Gasteiger partial charge < -0.3 is 5.32 Å². The predicted molar refractivity (Wildman–Crippen MR) is 54.2 cm³/mol. The Kier molecular flexibility index (Phi) is 2.36. The lowest BCUT2D eigenvalue weighted by atomic mass is 10.2. The van der Waals surface area contributed by atoms with E-state index >= 15 is 0 Å². The Morgan fingerprint density at radius 2 is 2.46 bits per heavy atom. The fraction of sp³-hybridized carbons (Fsp3) is 0.500. The van der Waals surface area contributed by atoms with Crippen LogP contribution in [0.1, 0.15) is 35.0 Å². The van der Waals surface area contributed by atoms with Crippen LogP contribution >= 0.6 is 11.3 Å². The Morgan fingerprint density at radius 1 is 1.69 bits per heavy atom. The molecule has 3 heteroatoms. The molecule has 1 amide bonds. The van der Waals surface area contributed by atoms with Crippen molar-refractivity contribution in [2.45, 2.75) is 32.2 Å². The van der Waals surface area contributed by atoms with Gasteiger partial charge in [0.15, 0.2) is 0 Å². The quantitative estimate of drug-likeness (QED) is 0.787. The van der Waals surface area contributed by atoms with Gasteiger partial charge in [0.25, 0.3) is 5.91 Å². The molecule has 1 aromatic heterocycles. The van der Waals surface area contributed by atoms with Gasteiger partial charge in [-0.05, 0) is 36.3 Å². The summed E-state index contributed by atoms with van der Waals surface area (Å²) in [5.74, 6) is 0.104. The van der Waals surface area contributed by atoms with Gasteiger partial charge in [0.1, 0.15) is 0 Å². The van der Waals surface area contributed by atoms with E-state index in [2.05, 4.69) is 17.6 Å². The Balaban J connectivity index is 2.01. The molecule has 0 aromatic carbocycles. The molecule has 70 valence electrons. The largest absolute Gasteiger partial charge is 0.349 e. The Bertz CT molecular complexity index is 314. The number of thiophene rings is 1. The molecule has 1 aliphatic rings. The van der Waals surface area contributed by atoms with Crippen molar-refractivity contribution in [3.63, 3.8) is 0 Å². The number of carbonyl (C=O) groups is 1. The molecule has 0 bridgehead atoms. The van der Waals surface area contributed by atoms with E-state index in [9.17, 15) is 4.79 Å². The molecule has 2 nitrogen and oxygen atoms in total. The third-order valence-corrected chi connectivity index (χ3v) is 3.18. The lowest BCUT2D eigenvalue weighted by Crippen LogP contribution is -2.24.